The molecule has 0 spiro atoms. The Morgan fingerprint density at radius 2 is 1.79 bits per heavy atom. The van der Waals surface area contributed by atoms with Gasteiger partial charge in [0.15, 0.2) is 0 Å². The first-order valence-electron chi connectivity index (χ1n) is 11.2. The van der Waals surface area contributed by atoms with E-state index in [4.69, 9.17) is 9.47 Å². The number of hydrogen-bond acceptors (Lipinski definition) is 7. The molecule has 9 nitrogen and oxygen atoms in total. The number of ether oxygens (including phenoxy) is 2. The van der Waals surface area contributed by atoms with Gasteiger partial charge in [0.1, 0.15) is 17.5 Å². The van der Waals surface area contributed by atoms with E-state index >= 15 is 0 Å². The Balaban J connectivity index is 2.03. The fourth-order valence-electron chi connectivity index (χ4n) is 4.02. The fraction of sp³-hybridized carbons (Fsp3) is 0.762. The molecule has 0 radical (unpaired) electrons. The van der Waals surface area contributed by atoms with E-state index in [0.29, 0.717) is 25.4 Å². The molecule has 2 fully saturated rings. The Morgan fingerprint density at radius 3 is 2.35 bits per heavy atom. The number of pyridine rings is 1. The van der Waals surface area contributed by atoms with Gasteiger partial charge in [0, 0.05) is 64.1 Å². The van der Waals surface area contributed by atoms with E-state index in [1.54, 1.807) is 12.1 Å². The molecule has 1 aromatic rings. The van der Waals surface area contributed by atoms with Crippen LogP contribution in [0.1, 0.15) is 27.7 Å². The first-order chi connectivity index (χ1) is 15.6. The summed E-state index contributed by atoms with van der Waals surface area (Å²) in [5.41, 5.74) is 0.0749. The van der Waals surface area contributed by atoms with Crippen LogP contribution < -0.4 is 14.5 Å². The topological polar surface area (TPSA) is 78.5 Å². The van der Waals surface area contributed by atoms with Gasteiger partial charge >= 0.3 is 6.18 Å². The highest BCUT2D eigenvalue weighted by Gasteiger charge is 2.49. The molecule has 3 rings (SSSR count). The first kappa shape index (κ1) is 26.8. The maximum Gasteiger partial charge on any atom is 0.410 e. The van der Waals surface area contributed by atoms with Crippen molar-refractivity contribution in [3.05, 3.63) is 12.1 Å². The predicted octanol–water partition coefficient (Wildman–Crippen LogP) is 2.34. The minimum atomic E-state index is -4.67. The van der Waals surface area contributed by atoms with Crippen LogP contribution in [0.3, 0.4) is 0 Å². The van der Waals surface area contributed by atoms with Gasteiger partial charge < -0.3 is 19.3 Å². The zero-order chi connectivity index (χ0) is 25.5. The molecular weight excluding hydrogens is 475 g/mol. The summed E-state index contributed by atoms with van der Waals surface area (Å²) in [6.07, 6.45) is -4.67. The number of nitrogens with zero attached hydrogens (tertiary/aromatic N) is 5. The molecule has 1 aromatic heterocycles. The lowest BCUT2D eigenvalue weighted by molar-refractivity contribution is -0.153. The largest absolute Gasteiger partial charge is 0.472 e. The second-order valence-corrected chi connectivity index (χ2v) is 11.9. The van der Waals surface area contributed by atoms with Crippen LogP contribution >= 0.6 is 0 Å². The molecule has 2 atom stereocenters. The van der Waals surface area contributed by atoms with Crippen LogP contribution in [0.4, 0.5) is 24.7 Å². The Hall–Kier alpha value is -1.83. The summed E-state index contributed by atoms with van der Waals surface area (Å²) >= 11 is 0. The van der Waals surface area contributed by atoms with Crippen molar-refractivity contribution in [2.45, 2.75) is 51.6 Å². The van der Waals surface area contributed by atoms with Crippen LogP contribution in [-0.2, 0) is 14.9 Å². The predicted molar refractivity (Wildman–Crippen MR) is 124 cm³/mol. The summed E-state index contributed by atoms with van der Waals surface area (Å²) in [4.78, 5) is 7.60. The van der Waals surface area contributed by atoms with Crippen LogP contribution in [0.5, 0.6) is 5.88 Å². The lowest BCUT2D eigenvalue weighted by atomic mass is 10.1. The zero-order valence-electron chi connectivity index (χ0n) is 20.5. The summed E-state index contributed by atoms with van der Waals surface area (Å²) in [6, 6.07) is 1.31. The summed E-state index contributed by atoms with van der Waals surface area (Å²) < 4.78 is 80.8. The minimum absolute atomic E-state index is 0.0204. The lowest BCUT2D eigenvalue weighted by Gasteiger charge is -2.43. The van der Waals surface area contributed by atoms with Crippen LogP contribution in [0, 0.1) is 0 Å². The number of alkyl halides is 3. The third-order valence-electron chi connectivity index (χ3n) is 5.69. The molecule has 0 aliphatic carbocycles. The lowest BCUT2D eigenvalue weighted by Crippen LogP contribution is -2.61. The molecule has 0 aromatic carbocycles. The van der Waals surface area contributed by atoms with E-state index in [2.05, 4.69) is 9.88 Å². The quantitative estimate of drug-likeness (QED) is 0.603. The van der Waals surface area contributed by atoms with Crippen LogP contribution in [0.15, 0.2) is 12.1 Å². The second kappa shape index (κ2) is 9.67. The molecular formula is C21H34F3N5O4S. The highest BCUT2D eigenvalue weighted by atomic mass is 32.2. The number of morpholine rings is 1. The van der Waals surface area contributed by atoms with Crippen LogP contribution in [0.2, 0.25) is 0 Å². The maximum atomic E-state index is 14.2. The van der Waals surface area contributed by atoms with E-state index in [9.17, 15) is 21.6 Å². The van der Waals surface area contributed by atoms with E-state index in [-0.39, 0.29) is 30.8 Å². The Morgan fingerprint density at radius 1 is 1.12 bits per heavy atom. The first-order valence-corrected chi connectivity index (χ1v) is 12.6. The average Bonchev–Trinajstić information content (AvgIpc) is 2.71. The van der Waals surface area contributed by atoms with Crippen molar-refractivity contribution in [3.63, 3.8) is 0 Å². The molecule has 2 aliphatic rings. The van der Waals surface area contributed by atoms with Crippen molar-refractivity contribution in [1.29, 1.82) is 0 Å². The van der Waals surface area contributed by atoms with Crippen molar-refractivity contribution in [3.8, 4) is 5.88 Å². The maximum absolute atomic E-state index is 14.2. The van der Waals surface area contributed by atoms with Crippen molar-refractivity contribution in [1.82, 2.24) is 13.6 Å². The third kappa shape index (κ3) is 6.04. The average molecular weight is 510 g/mol. The molecule has 0 saturated carbocycles. The van der Waals surface area contributed by atoms with Crippen molar-refractivity contribution < 1.29 is 31.1 Å². The van der Waals surface area contributed by atoms with Gasteiger partial charge in [-0.3, -0.25) is 0 Å². The van der Waals surface area contributed by atoms with Crippen molar-refractivity contribution in [2.24, 2.45) is 0 Å². The molecule has 0 amide bonds. The van der Waals surface area contributed by atoms with Gasteiger partial charge in [0.25, 0.3) is 10.2 Å². The molecule has 194 valence electrons. The van der Waals surface area contributed by atoms with Crippen LogP contribution in [0.25, 0.3) is 0 Å². The third-order valence-corrected chi connectivity index (χ3v) is 7.59. The number of piperazine rings is 1. The number of anilines is 2. The van der Waals surface area contributed by atoms with E-state index in [0.717, 1.165) is 13.5 Å². The Bertz CT molecular complexity index is 968. The zero-order valence-corrected chi connectivity index (χ0v) is 21.3. The number of halogens is 3. The standard InChI is InChI=1S/C21H34F3N5O4S/c1-15-14-32-10-9-28(15)16-11-18(25-19(12-16)33-20(2,3)4)29-8-7-27(34(30,31)26(5)6)13-17(29)21(22,23)24/h11-12,15,17H,7-10,13-14H2,1-6H3/t15-,17?/m1/s1. The number of rotatable bonds is 5. The summed E-state index contributed by atoms with van der Waals surface area (Å²) in [7, 11) is -1.39. The van der Waals surface area contributed by atoms with Crippen LogP contribution in [-0.4, -0.2) is 99.4 Å². The van der Waals surface area contributed by atoms with E-state index in [1.165, 1.54) is 14.1 Å². The molecule has 34 heavy (non-hydrogen) atoms. The SMILES string of the molecule is C[C@@H]1COCCN1c1cc(OC(C)(C)C)nc(N2CCN(S(=O)(=O)N(C)C)CC2C(F)(F)F)c1. The molecule has 2 aliphatic heterocycles. The van der Waals surface area contributed by atoms with Crippen molar-refractivity contribution >= 4 is 21.7 Å². The number of hydrogen-bond donors (Lipinski definition) is 0. The van der Waals surface area contributed by atoms with Gasteiger partial charge in [-0.25, -0.2) is 0 Å². The fourth-order valence-corrected chi connectivity index (χ4v) is 5.12. The highest BCUT2D eigenvalue weighted by Crippen LogP contribution is 2.36. The molecule has 0 N–H and O–H groups in total. The van der Waals surface area contributed by atoms with Gasteiger partial charge in [-0.05, 0) is 27.7 Å². The van der Waals surface area contributed by atoms with Crippen molar-refractivity contribution in [2.75, 3.05) is 63.3 Å². The number of aromatic nitrogens is 1. The summed E-state index contributed by atoms with van der Waals surface area (Å²) in [6.45, 7) is 8.08. The molecule has 3 heterocycles. The van der Waals surface area contributed by atoms with E-state index < -0.39 is 34.6 Å². The summed E-state index contributed by atoms with van der Waals surface area (Å²) in [5.74, 6) is 0.308. The highest BCUT2D eigenvalue weighted by molar-refractivity contribution is 7.86. The molecule has 0 bridgehead atoms. The Kier molecular flexibility index (Phi) is 7.61. The van der Waals surface area contributed by atoms with Gasteiger partial charge in [0.05, 0.1) is 13.2 Å². The summed E-state index contributed by atoms with van der Waals surface area (Å²) in [5, 5.41) is 0. The van der Waals surface area contributed by atoms with Gasteiger partial charge in [-0.15, -0.1) is 0 Å². The Labute approximate surface area is 199 Å². The minimum Gasteiger partial charge on any atom is -0.472 e. The molecule has 13 heteroatoms. The van der Waals surface area contributed by atoms with Gasteiger partial charge in [-0.1, -0.05) is 0 Å². The van der Waals surface area contributed by atoms with E-state index in [1.807, 2.05) is 27.7 Å². The molecule has 1 unspecified atom stereocenters. The normalized spacial score (nSPS) is 23.5. The van der Waals surface area contributed by atoms with Gasteiger partial charge in [0.2, 0.25) is 5.88 Å². The molecule has 2 saturated heterocycles. The smallest absolute Gasteiger partial charge is 0.410 e. The second-order valence-electron chi connectivity index (χ2n) is 9.75. The monoisotopic (exact) mass is 509 g/mol. The van der Waals surface area contributed by atoms with Gasteiger partial charge in [-0.2, -0.15) is 35.2 Å².